The first-order valence-corrected chi connectivity index (χ1v) is 8.54. The lowest BCUT2D eigenvalue weighted by Gasteiger charge is -2.12. The van der Waals surface area contributed by atoms with Crippen LogP contribution in [0.3, 0.4) is 0 Å². The van der Waals surface area contributed by atoms with E-state index >= 15 is 0 Å². The predicted octanol–water partition coefficient (Wildman–Crippen LogP) is 4.99. The van der Waals surface area contributed by atoms with Crippen LogP contribution in [0.25, 0.3) is 0 Å². The molecule has 1 aromatic rings. The highest BCUT2D eigenvalue weighted by Crippen LogP contribution is 2.14. The lowest BCUT2D eigenvalue weighted by molar-refractivity contribution is 0.470. The molecule has 0 spiro atoms. The van der Waals surface area contributed by atoms with E-state index in [4.69, 9.17) is 0 Å². The fourth-order valence-corrected chi connectivity index (χ4v) is 2.46. The summed E-state index contributed by atoms with van der Waals surface area (Å²) in [6, 6.07) is 9.29. The molecular weight excluding hydrogens is 242 g/mol. The van der Waals surface area contributed by atoms with Crippen molar-refractivity contribution in [3.8, 4) is 0 Å². The van der Waals surface area contributed by atoms with Crippen molar-refractivity contribution in [1.29, 1.82) is 0 Å². The molecule has 0 aliphatic rings. The fraction of sp³-hybridized carbons (Fsp3) is 0.684. The average molecular weight is 275 g/mol. The minimum absolute atomic E-state index is 0.819. The van der Waals surface area contributed by atoms with E-state index < -0.39 is 0 Å². The second-order valence-corrected chi connectivity index (χ2v) is 6.10. The summed E-state index contributed by atoms with van der Waals surface area (Å²) < 4.78 is 0. The van der Waals surface area contributed by atoms with Gasteiger partial charge in [0.05, 0.1) is 0 Å². The largest absolute Gasteiger partial charge is 0.317 e. The van der Waals surface area contributed by atoms with Gasteiger partial charge in [0.2, 0.25) is 0 Å². The van der Waals surface area contributed by atoms with Gasteiger partial charge in [-0.2, -0.15) is 0 Å². The molecule has 0 heterocycles. The average Bonchev–Trinajstić information content (AvgIpc) is 2.48. The molecule has 1 unspecified atom stereocenters. The Labute approximate surface area is 126 Å². The van der Waals surface area contributed by atoms with E-state index in [9.17, 15) is 0 Å². The first-order chi connectivity index (χ1) is 9.76. The third-order valence-corrected chi connectivity index (χ3v) is 4.01. The topological polar surface area (TPSA) is 12.0 Å². The van der Waals surface area contributed by atoms with Crippen LogP contribution in [0.2, 0.25) is 0 Å². The van der Waals surface area contributed by atoms with Crippen molar-refractivity contribution in [3.05, 3.63) is 35.4 Å². The minimum atomic E-state index is 0.819. The molecule has 1 heteroatoms. The molecule has 114 valence electrons. The summed E-state index contributed by atoms with van der Waals surface area (Å²) in [6.45, 7) is 9.19. The second-order valence-electron chi connectivity index (χ2n) is 6.10. The van der Waals surface area contributed by atoms with E-state index in [1.807, 2.05) is 0 Å². The molecule has 1 rings (SSSR count). The van der Waals surface area contributed by atoms with Crippen molar-refractivity contribution in [2.24, 2.45) is 5.92 Å². The van der Waals surface area contributed by atoms with E-state index in [2.05, 4.69) is 50.4 Å². The molecule has 0 saturated carbocycles. The van der Waals surface area contributed by atoms with Crippen molar-refractivity contribution < 1.29 is 0 Å². The van der Waals surface area contributed by atoms with E-state index in [1.165, 1.54) is 62.6 Å². The van der Waals surface area contributed by atoms with Gasteiger partial charge in [0.15, 0.2) is 0 Å². The zero-order chi connectivity index (χ0) is 14.6. The van der Waals surface area contributed by atoms with Gasteiger partial charge in [-0.05, 0) is 68.7 Å². The van der Waals surface area contributed by atoms with Gasteiger partial charge in [-0.15, -0.1) is 0 Å². The molecule has 1 atom stereocenters. The first kappa shape index (κ1) is 17.2. The van der Waals surface area contributed by atoms with Gasteiger partial charge in [-0.1, -0.05) is 51.5 Å². The number of unbranched alkanes of at least 4 members (excludes halogenated alkanes) is 1. The molecule has 0 amide bonds. The van der Waals surface area contributed by atoms with Crippen LogP contribution in [-0.4, -0.2) is 13.1 Å². The molecule has 0 aromatic heterocycles. The highest BCUT2D eigenvalue weighted by Gasteiger charge is 2.03. The third kappa shape index (κ3) is 7.69. The second kappa shape index (κ2) is 10.9. The zero-order valence-electron chi connectivity index (χ0n) is 13.8. The van der Waals surface area contributed by atoms with Crippen LogP contribution in [0.1, 0.15) is 64.0 Å². The highest BCUT2D eigenvalue weighted by molar-refractivity contribution is 5.22. The summed E-state index contributed by atoms with van der Waals surface area (Å²) in [5.74, 6) is 0.819. The van der Waals surface area contributed by atoms with Crippen molar-refractivity contribution in [2.45, 2.75) is 65.7 Å². The van der Waals surface area contributed by atoms with Crippen LogP contribution in [0.4, 0.5) is 0 Å². The fourth-order valence-electron chi connectivity index (χ4n) is 2.46. The molecule has 1 nitrogen and oxygen atoms in total. The Morgan fingerprint density at radius 2 is 1.50 bits per heavy atom. The Kier molecular flexibility index (Phi) is 9.40. The summed E-state index contributed by atoms with van der Waals surface area (Å²) in [7, 11) is 0. The molecule has 0 bridgehead atoms. The first-order valence-electron chi connectivity index (χ1n) is 8.54. The Hall–Kier alpha value is -0.820. The molecular formula is C19H33N. The van der Waals surface area contributed by atoms with Crippen LogP contribution in [0.5, 0.6) is 0 Å². The lowest BCUT2D eigenvalue weighted by atomic mass is 9.97. The summed E-state index contributed by atoms with van der Waals surface area (Å²) in [6.07, 6.45) is 8.89. The Balaban J connectivity index is 2.20. The maximum Gasteiger partial charge on any atom is -0.00464 e. The zero-order valence-corrected chi connectivity index (χ0v) is 13.8. The van der Waals surface area contributed by atoms with Crippen LogP contribution in [0, 0.1) is 5.92 Å². The Morgan fingerprint density at radius 3 is 2.10 bits per heavy atom. The van der Waals surface area contributed by atoms with Crippen molar-refractivity contribution in [2.75, 3.05) is 13.1 Å². The van der Waals surface area contributed by atoms with E-state index in [1.54, 1.807) is 0 Å². The van der Waals surface area contributed by atoms with Crippen LogP contribution in [-0.2, 0) is 12.8 Å². The highest BCUT2D eigenvalue weighted by atomic mass is 14.8. The van der Waals surface area contributed by atoms with Crippen molar-refractivity contribution >= 4 is 0 Å². The van der Waals surface area contributed by atoms with E-state index in [-0.39, 0.29) is 0 Å². The van der Waals surface area contributed by atoms with Gasteiger partial charge in [-0.3, -0.25) is 0 Å². The Bertz CT molecular complexity index is 328. The van der Waals surface area contributed by atoms with E-state index in [0.717, 1.165) is 12.5 Å². The quantitative estimate of drug-likeness (QED) is 0.561. The molecule has 20 heavy (non-hydrogen) atoms. The number of hydrogen-bond acceptors (Lipinski definition) is 1. The summed E-state index contributed by atoms with van der Waals surface area (Å²) >= 11 is 0. The Morgan fingerprint density at radius 1 is 0.850 bits per heavy atom. The number of aryl methyl sites for hydroxylation is 2. The molecule has 0 fully saturated rings. The van der Waals surface area contributed by atoms with Crippen molar-refractivity contribution in [3.63, 3.8) is 0 Å². The van der Waals surface area contributed by atoms with Gasteiger partial charge in [-0.25, -0.2) is 0 Å². The molecule has 0 radical (unpaired) electrons. The molecule has 0 aliphatic carbocycles. The molecule has 1 aromatic carbocycles. The SMILES string of the molecule is CCCCc1ccc(CCC(C)CCNCCC)cc1. The smallest absolute Gasteiger partial charge is 0.00464 e. The molecule has 0 aliphatic heterocycles. The normalized spacial score (nSPS) is 12.6. The van der Waals surface area contributed by atoms with Gasteiger partial charge in [0.25, 0.3) is 0 Å². The van der Waals surface area contributed by atoms with Gasteiger partial charge in [0.1, 0.15) is 0 Å². The third-order valence-electron chi connectivity index (χ3n) is 4.01. The number of hydrogen-bond donors (Lipinski definition) is 1. The van der Waals surface area contributed by atoms with Gasteiger partial charge >= 0.3 is 0 Å². The maximum atomic E-state index is 3.49. The number of nitrogens with one attached hydrogen (secondary N) is 1. The minimum Gasteiger partial charge on any atom is -0.317 e. The summed E-state index contributed by atoms with van der Waals surface area (Å²) in [5, 5.41) is 3.49. The number of benzene rings is 1. The van der Waals surface area contributed by atoms with Gasteiger partial charge < -0.3 is 5.32 Å². The maximum absolute atomic E-state index is 3.49. The summed E-state index contributed by atoms with van der Waals surface area (Å²) in [5.41, 5.74) is 2.99. The van der Waals surface area contributed by atoms with Crippen LogP contribution >= 0.6 is 0 Å². The van der Waals surface area contributed by atoms with Crippen LogP contribution in [0.15, 0.2) is 24.3 Å². The van der Waals surface area contributed by atoms with Crippen molar-refractivity contribution in [1.82, 2.24) is 5.32 Å². The van der Waals surface area contributed by atoms with E-state index in [0.29, 0.717) is 0 Å². The van der Waals surface area contributed by atoms with Crippen LogP contribution < -0.4 is 5.32 Å². The van der Waals surface area contributed by atoms with Gasteiger partial charge in [0, 0.05) is 0 Å². The summed E-state index contributed by atoms with van der Waals surface area (Å²) in [4.78, 5) is 0. The molecule has 1 N–H and O–H groups in total. The molecule has 0 saturated heterocycles. The monoisotopic (exact) mass is 275 g/mol. The predicted molar refractivity (Wildman–Crippen MR) is 90.3 cm³/mol. The lowest BCUT2D eigenvalue weighted by Crippen LogP contribution is -2.18. The standard InChI is InChI=1S/C19H33N/c1-4-6-7-18-10-12-19(13-11-18)9-8-17(3)14-16-20-15-5-2/h10-13,17,20H,4-9,14-16H2,1-3H3. The number of rotatable bonds is 11.